The highest BCUT2D eigenvalue weighted by Gasteiger charge is 2.38. The molecule has 1 N–H and O–H groups in total. The summed E-state index contributed by atoms with van der Waals surface area (Å²) in [7, 11) is 0. The lowest BCUT2D eigenvalue weighted by Crippen LogP contribution is -2.27. The third-order valence-corrected chi connectivity index (χ3v) is 4.02. The zero-order chi connectivity index (χ0) is 21.2. The Balaban J connectivity index is 1.67. The molecule has 2 aromatic rings. The Morgan fingerprint density at radius 1 is 1.21 bits per heavy atom. The van der Waals surface area contributed by atoms with Crippen LogP contribution in [0.3, 0.4) is 0 Å². The van der Waals surface area contributed by atoms with Crippen LogP contribution in [0.1, 0.15) is 27.2 Å². The molecule has 1 saturated heterocycles. The van der Waals surface area contributed by atoms with E-state index < -0.39 is 30.0 Å². The molecule has 1 aromatic carbocycles. The molecule has 0 unspecified atom stereocenters. The molecular formula is C20H22F3N3O3. The molecule has 1 aliphatic heterocycles. The first kappa shape index (κ1) is 20.8. The number of anilines is 2. The number of aromatic nitrogens is 1. The number of nitrogens with zero attached hydrogens (tertiary/aromatic N) is 2. The average Bonchev–Trinajstić information content (AvgIpc) is 2.96. The van der Waals surface area contributed by atoms with Crippen LogP contribution in [0.2, 0.25) is 0 Å². The Bertz CT molecular complexity index is 900. The average molecular weight is 409 g/mol. The number of halogens is 3. The summed E-state index contributed by atoms with van der Waals surface area (Å²) in [6.07, 6.45) is 0.443. The van der Waals surface area contributed by atoms with Crippen molar-refractivity contribution < 1.29 is 27.4 Å². The number of rotatable bonds is 4. The van der Waals surface area contributed by atoms with Crippen molar-refractivity contribution in [2.45, 2.75) is 38.7 Å². The smallest absolute Gasteiger partial charge is 0.412 e. The first-order valence-corrected chi connectivity index (χ1v) is 9.07. The van der Waals surface area contributed by atoms with Crippen LogP contribution in [0.25, 0.3) is 0 Å². The van der Waals surface area contributed by atoms with Gasteiger partial charge in [0.05, 0.1) is 12.2 Å². The van der Waals surface area contributed by atoms with E-state index in [1.165, 1.54) is 29.3 Å². The van der Waals surface area contributed by atoms with Gasteiger partial charge in [-0.25, -0.2) is 22.9 Å². The van der Waals surface area contributed by atoms with Crippen LogP contribution < -0.4 is 15.0 Å². The molecule has 0 radical (unpaired) electrons. The summed E-state index contributed by atoms with van der Waals surface area (Å²) >= 11 is 0. The maximum absolute atomic E-state index is 14.3. The molecular weight excluding hydrogens is 387 g/mol. The van der Waals surface area contributed by atoms with Crippen molar-refractivity contribution in [3.05, 3.63) is 42.3 Å². The van der Waals surface area contributed by atoms with Crippen molar-refractivity contribution >= 4 is 17.6 Å². The Morgan fingerprint density at radius 3 is 2.55 bits per heavy atom. The molecule has 2 heterocycles. The molecule has 0 saturated carbocycles. The quantitative estimate of drug-likeness (QED) is 0.752. The Labute approximate surface area is 166 Å². The van der Waals surface area contributed by atoms with Gasteiger partial charge in [-0.1, -0.05) is 0 Å². The summed E-state index contributed by atoms with van der Waals surface area (Å²) in [5.41, 5.74) is -0.761. The van der Waals surface area contributed by atoms with Crippen LogP contribution in [0.15, 0.2) is 36.5 Å². The molecule has 0 bridgehead atoms. The molecule has 1 aromatic heterocycles. The number of carbonyl (C=O) groups is 1. The van der Waals surface area contributed by atoms with Gasteiger partial charge in [0.15, 0.2) is 5.82 Å². The molecule has 1 aliphatic rings. The molecule has 156 valence electrons. The summed E-state index contributed by atoms with van der Waals surface area (Å²) in [4.78, 5) is 17.3. The molecule has 1 amide bonds. The normalized spacial score (nSPS) is 15.9. The topological polar surface area (TPSA) is 63.7 Å². The van der Waals surface area contributed by atoms with Gasteiger partial charge in [-0.2, -0.15) is 0 Å². The number of hydrogen-bond donors (Lipinski definition) is 1. The maximum atomic E-state index is 14.3. The summed E-state index contributed by atoms with van der Waals surface area (Å²) in [6.45, 7) is 4.90. The van der Waals surface area contributed by atoms with Crippen LogP contribution in [0.4, 0.5) is 29.5 Å². The molecule has 29 heavy (non-hydrogen) atoms. The van der Waals surface area contributed by atoms with Gasteiger partial charge in [0.25, 0.3) is 5.92 Å². The molecule has 6 nitrogen and oxygen atoms in total. The zero-order valence-electron chi connectivity index (χ0n) is 16.3. The minimum Gasteiger partial charge on any atom is -0.457 e. The lowest BCUT2D eigenvalue weighted by atomic mass is 10.2. The van der Waals surface area contributed by atoms with Gasteiger partial charge in [0, 0.05) is 31.3 Å². The largest absolute Gasteiger partial charge is 0.457 e. The number of nitrogens with one attached hydrogen (secondary N) is 1. The van der Waals surface area contributed by atoms with Crippen molar-refractivity contribution in [3.8, 4) is 11.5 Å². The summed E-state index contributed by atoms with van der Waals surface area (Å²) < 4.78 is 51.8. The monoisotopic (exact) mass is 409 g/mol. The molecule has 9 heteroatoms. The Morgan fingerprint density at radius 2 is 1.93 bits per heavy atom. The summed E-state index contributed by atoms with van der Waals surface area (Å²) in [5, 5.41) is 2.33. The first-order chi connectivity index (χ1) is 13.5. The number of alkyl halides is 2. The number of ether oxygens (including phenoxy) is 2. The number of pyridine rings is 1. The second kappa shape index (κ2) is 7.81. The maximum Gasteiger partial charge on any atom is 0.412 e. The van der Waals surface area contributed by atoms with E-state index >= 15 is 0 Å². The number of hydrogen-bond acceptors (Lipinski definition) is 5. The highest BCUT2D eigenvalue weighted by Crippen LogP contribution is 2.32. The predicted molar refractivity (Wildman–Crippen MR) is 102 cm³/mol. The number of carbonyl (C=O) groups excluding carboxylic acids is 1. The first-order valence-electron chi connectivity index (χ1n) is 9.07. The Hall–Kier alpha value is -2.97. The minimum atomic E-state index is -2.74. The van der Waals surface area contributed by atoms with Gasteiger partial charge in [-0.15, -0.1) is 0 Å². The number of benzene rings is 1. The third kappa shape index (κ3) is 5.75. The van der Waals surface area contributed by atoms with Gasteiger partial charge in [-0.3, -0.25) is 5.32 Å². The van der Waals surface area contributed by atoms with E-state index in [1.807, 2.05) is 0 Å². The highest BCUT2D eigenvalue weighted by atomic mass is 19.3. The van der Waals surface area contributed by atoms with Crippen LogP contribution in [-0.4, -0.2) is 35.7 Å². The fourth-order valence-corrected chi connectivity index (χ4v) is 2.78. The summed E-state index contributed by atoms with van der Waals surface area (Å²) in [6, 6.07) is 6.99. The van der Waals surface area contributed by atoms with E-state index in [4.69, 9.17) is 9.47 Å². The van der Waals surface area contributed by atoms with Gasteiger partial charge in [0.2, 0.25) is 0 Å². The second-order valence-electron chi connectivity index (χ2n) is 7.75. The molecule has 0 aliphatic carbocycles. The number of amides is 1. The van der Waals surface area contributed by atoms with E-state index in [1.54, 1.807) is 26.8 Å². The van der Waals surface area contributed by atoms with Crippen LogP contribution >= 0.6 is 0 Å². The van der Waals surface area contributed by atoms with Crippen molar-refractivity contribution in [1.29, 1.82) is 0 Å². The van der Waals surface area contributed by atoms with Crippen LogP contribution in [0.5, 0.6) is 11.5 Å². The minimum absolute atomic E-state index is 0.0543. The van der Waals surface area contributed by atoms with E-state index in [9.17, 15) is 18.0 Å². The van der Waals surface area contributed by atoms with Crippen molar-refractivity contribution in [1.82, 2.24) is 4.98 Å². The fourth-order valence-electron chi connectivity index (χ4n) is 2.78. The zero-order valence-corrected chi connectivity index (χ0v) is 16.3. The molecule has 3 rings (SSSR count). The van der Waals surface area contributed by atoms with Crippen molar-refractivity contribution in [3.63, 3.8) is 0 Å². The molecule has 0 atom stereocenters. The van der Waals surface area contributed by atoms with Gasteiger partial charge >= 0.3 is 6.09 Å². The van der Waals surface area contributed by atoms with Gasteiger partial charge in [0.1, 0.15) is 22.9 Å². The Kier molecular flexibility index (Phi) is 5.59. The predicted octanol–water partition coefficient (Wildman–Crippen LogP) is 5.21. The van der Waals surface area contributed by atoms with E-state index in [2.05, 4.69) is 10.3 Å². The molecule has 1 fully saturated rings. The van der Waals surface area contributed by atoms with E-state index in [0.29, 0.717) is 11.6 Å². The van der Waals surface area contributed by atoms with Crippen molar-refractivity contribution in [2.75, 3.05) is 23.3 Å². The lowest BCUT2D eigenvalue weighted by Gasteiger charge is -2.20. The van der Waals surface area contributed by atoms with Crippen LogP contribution in [-0.2, 0) is 4.74 Å². The lowest BCUT2D eigenvalue weighted by molar-refractivity contribution is 0.0256. The van der Waals surface area contributed by atoms with E-state index in [-0.39, 0.29) is 24.4 Å². The second-order valence-corrected chi connectivity index (χ2v) is 7.75. The highest BCUT2D eigenvalue weighted by molar-refractivity contribution is 5.85. The van der Waals surface area contributed by atoms with Gasteiger partial charge in [-0.05, 0) is 39.0 Å². The standard InChI is InChI=1S/C20H22F3N3O3/c1-19(2,3)29-18(27)25-16-5-4-13(10-15(16)21)28-14-6-8-24-17(11-14)26-9-7-20(22,23)12-26/h4-6,8,10-11H,7,9,12H2,1-3H3,(H,25,27). The van der Waals surface area contributed by atoms with Crippen LogP contribution in [0, 0.1) is 5.82 Å². The third-order valence-electron chi connectivity index (χ3n) is 4.02. The van der Waals surface area contributed by atoms with E-state index in [0.717, 1.165) is 6.07 Å². The molecule has 0 spiro atoms. The fraction of sp³-hybridized carbons (Fsp3) is 0.400. The SMILES string of the molecule is CC(C)(C)OC(=O)Nc1ccc(Oc2ccnc(N3CCC(F)(F)C3)c2)cc1F. The van der Waals surface area contributed by atoms with Crippen molar-refractivity contribution in [2.24, 2.45) is 0 Å². The van der Waals surface area contributed by atoms with Gasteiger partial charge < -0.3 is 14.4 Å². The summed E-state index contributed by atoms with van der Waals surface area (Å²) in [5.74, 6) is -2.57.